The van der Waals surface area contributed by atoms with Gasteiger partial charge in [-0.1, -0.05) is 351 Å². The van der Waals surface area contributed by atoms with Crippen LogP contribution in [-0.2, 0) is 16.2 Å². The van der Waals surface area contributed by atoms with Gasteiger partial charge in [0.1, 0.15) is 11.2 Å². The number of benzene rings is 18. The van der Waals surface area contributed by atoms with Gasteiger partial charge in [-0.05, 0) is 258 Å². The van der Waals surface area contributed by atoms with Gasteiger partial charge in [0.25, 0.3) is 0 Å². The van der Waals surface area contributed by atoms with Crippen molar-refractivity contribution in [3.05, 3.63) is 444 Å². The van der Waals surface area contributed by atoms with Crippen molar-refractivity contribution in [2.75, 3.05) is 9.80 Å². The van der Waals surface area contributed by atoms with Crippen molar-refractivity contribution in [2.24, 2.45) is 0 Å². The van der Waals surface area contributed by atoms with Crippen molar-refractivity contribution in [2.45, 2.75) is 57.8 Å². The van der Waals surface area contributed by atoms with E-state index in [-0.39, 0.29) is 40.5 Å². The van der Waals surface area contributed by atoms with Crippen LogP contribution in [-0.4, -0.2) is 0 Å². The third kappa shape index (κ3) is 12.6. The summed E-state index contributed by atoms with van der Waals surface area (Å²) in [6.45, 7) is 13.7. The Hall–Kier alpha value is -14.4. The van der Waals surface area contributed by atoms with Crippen LogP contribution in [0.15, 0.2) is 393 Å². The van der Waals surface area contributed by atoms with Crippen molar-refractivity contribution in [3.8, 4) is 66.8 Å². The van der Waals surface area contributed by atoms with Crippen LogP contribution in [0.4, 0.5) is 34.1 Å². The van der Waals surface area contributed by atoms with E-state index in [0.29, 0.717) is 5.56 Å². The Balaban J connectivity index is 0.000000151. The van der Waals surface area contributed by atoms with E-state index in [9.17, 15) is 2.74 Å². The highest BCUT2D eigenvalue weighted by molar-refractivity contribution is 6.07. The normalized spacial score (nSPS) is 14.5. The number of fused-ring (bicyclic) bond motifs is 15. The van der Waals surface area contributed by atoms with Gasteiger partial charge >= 0.3 is 0 Å². The van der Waals surface area contributed by atoms with E-state index in [1.165, 1.54) is 99.1 Å². The van der Waals surface area contributed by atoms with Crippen LogP contribution in [0.3, 0.4) is 0 Å². The van der Waals surface area contributed by atoms with Crippen LogP contribution >= 0.6 is 0 Å². The summed E-state index contributed by atoms with van der Waals surface area (Å²) in [4.78, 5) is 4.66. The third-order valence-electron chi connectivity index (χ3n) is 25.1. The molecule has 118 heavy (non-hydrogen) atoms. The summed E-state index contributed by atoms with van der Waals surface area (Å²) < 4.78 is 43.0. The molecular weight excluding hydrogens is 1430 g/mol. The molecule has 22 rings (SSSR count). The van der Waals surface area contributed by atoms with Crippen molar-refractivity contribution >= 4 is 113 Å². The lowest BCUT2D eigenvalue weighted by atomic mass is 9.81. The number of hydrogen-bond donors (Lipinski definition) is 0. The van der Waals surface area contributed by atoms with Crippen molar-refractivity contribution in [1.29, 1.82) is 0 Å². The maximum atomic E-state index is 9.47. The minimum atomic E-state index is -0.328. The first kappa shape index (κ1) is 67.0. The monoisotopic (exact) mass is 1510 g/mol. The lowest BCUT2D eigenvalue weighted by Gasteiger charge is -2.28. The number of nitrogens with zero attached hydrogens (tertiary/aromatic N) is 2. The molecule has 0 saturated heterocycles. The molecule has 0 spiro atoms. The van der Waals surface area contributed by atoms with Crippen molar-refractivity contribution < 1.29 is 9.90 Å². The molecule has 0 saturated carbocycles. The molecule has 3 heteroatoms. The maximum Gasteiger partial charge on any atom is 0.135 e. The summed E-state index contributed by atoms with van der Waals surface area (Å²) in [6, 6.07) is 138. The van der Waals surface area contributed by atoms with Crippen LogP contribution in [0.1, 0.15) is 103 Å². The molecule has 3 aliphatic carbocycles. The lowest BCUT2D eigenvalue weighted by molar-refractivity contribution is 0.660. The van der Waals surface area contributed by atoms with Gasteiger partial charge in [-0.3, -0.25) is 0 Å². The van der Waals surface area contributed by atoms with E-state index in [4.69, 9.17) is 7.16 Å². The smallest absolute Gasteiger partial charge is 0.135 e. The summed E-state index contributed by atoms with van der Waals surface area (Å²) in [5.74, 6) is 0. The van der Waals surface area contributed by atoms with Crippen LogP contribution < -0.4 is 9.80 Å². The molecule has 19 aromatic rings. The first-order valence-corrected chi connectivity index (χ1v) is 40.9. The van der Waals surface area contributed by atoms with Gasteiger partial charge in [0.2, 0.25) is 0 Å². The van der Waals surface area contributed by atoms with E-state index >= 15 is 0 Å². The Morgan fingerprint density at radius 3 is 1.05 bits per heavy atom. The molecule has 1 aromatic heterocycles. The van der Waals surface area contributed by atoms with Crippen molar-refractivity contribution in [3.63, 3.8) is 0 Å². The SMILES string of the molecule is [2H]/C(=C(/[2H])c1ccc(-c2ccc3c(c2)C(C)(C)c2ccccc2-3)cc1)c1ccc(-c2ccc(N(c3ccc4ccccc4c3)c3ccc4ccccc4c3)cc2)cc1.[2H]/C(=C(/[2H])c1ccc2c(c1)C(C)(C)c1cc(N(c3ccccc3)c3ccc4ccccc4c3)ccc1-2)c1ccc2c(c1)C(C)(C)c1cc(-c3ccc4oc5ccccc5c4c3)ccc1-2. The number of hydrogen-bond acceptors (Lipinski definition) is 3. The molecule has 0 fully saturated rings. The standard InChI is InChI=1S/C60H45NO.C55H41N/c1-59(2)53-32-38(20-27-47(53)49-29-23-43(36-55(49)59)42-24-31-58-52(35-42)51-16-10-11-17-57(51)62-58)18-19-39-21-28-48-50-30-26-46(37-56(50)60(3,4)54(48)33-39)61(44-14-6-5-7-15-44)45-25-22-40-12-8-9-13-41(40)34-45;1-55(2)53-14-8-7-13-51(53)52-34-29-47(37-54(52)55)44-23-19-39(20-24-44)16-15-38-17-21-42(22-18-38)43-25-30-48(31-26-43)56(49-32-27-40-9-3-5-11-45(40)35-49)50-33-28-41-10-4-6-12-46(41)36-50/h5-37H,1-4H3;3-37H,1-2H3/b19-18+;16-15+/i18D,19D;15D,16D. The predicted molar refractivity (Wildman–Crippen MR) is 502 cm³/mol. The lowest BCUT2D eigenvalue weighted by Crippen LogP contribution is -2.16. The van der Waals surface area contributed by atoms with E-state index in [1.807, 2.05) is 60.7 Å². The molecule has 0 radical (unpaired) electrons. The Labute approximate surface area is 696 Å². The maximum absolute atomic E-state index is 9.47. The molecule has 562 valence electrons. The first-order valence-electron chi connectivity index (χ1n) is 42.9. The second-order valence-electron chi connectivity index (χ2n) is 33.3. The van der Waals surface area contributed by atoms with Gasteiger partial charge in [-0.25, -0.2) is 0 Å². The van der Waals surface area contributed by atoms with Crippen LogP contribution in [0.5, 0.6) is 0 Å². The summed E-state index contributed by atoms with van der Waals surface area (Å²) in [5.41, 5.74) is 32.4. The van der Waals surface area contributed by atoms with Gasteiger partial charge in [-0.15, -0.1) is 0 Å². The van der Waals surface area contributed by atoms with Crippen LogP contribution in [0.25, 0.3) is 145 Å². The molecule has 0 N–H and O–H groups in total. The zero-order valence-corrected chi connectivity index (χ0v) is 66.8. The summed E-state index contributed by atoms with van der Waals surface area (Å²) in [7, 11) is 0. The fourth-order valence-electron chi connectivity index (χ4n) is 18.7. The molecule has 0 unspecified atom stereocenters. The van der Waals surface area contributed by atoms with Gasteiger partial charge in [0.15, 0.2) is 0 Å². The molecule has 0 aliphatic heterocycles. The third-order valence-corrected chi connectivity index (χ3v) is 25.1. The Bertz CT molecular complexity index is 7440. The molecule has 3 nitrogen and oxygen atoms in total. The molecule has 0 atom stereocenters. The fraction of sp³-hybridized carbons (Fsp3) is 0.0783. The zero-order valence-electron chi connectivity index (χ0n) is 70.8. The van der Waals surface area contributed by atoms with Gasteiger partial charge in [-0.2, -0.15) is 0 Å². The highest BCUT2D eigenvalue weighted by atomic mass is 16.3. The van der Waals surface area contributed by atoms with Crippen molar-refractivity contribution in [1.82, 2.24) is 0 Å². The van der Waals surface area contributed by atoms with Gasteiger partial charge in [0.05, 0.1) is 5.48 Å². The molecule has 18 aromatic carbocycles. The molecule has 1 heterocycles. The topological polar surface area (TPSA) is 19.6 Å². The predicted octanol–water partition coefficient (Wildman–Crippen LogP) is 31.9. The number of furan rings is 1. The van der Waals surface area contributed by atoms with Crippen LogP contribution in [0.2, 0.25) is 0 Å². The Morgan fingerprint density at radius 2 is 0.525 bits per heavy atom. The zero-order chi connectivity index (χ0) is 82.9. The Kier molecular flexibility index (Phi) is 16.2. The summed E-state index contributed by atoms with van der Waals surface area (Å²) in [5, 5.41) is 9.49. The minimum Gasteiger partial charge on any atom is -0.456 e. The molecular formula is C115H86N2O. The first-order chi connectivity index (χ1) is 59.4. The highest BCUT2D eigenvalue weighted by Gasteiger charge is 2.39. The average molecular weight is 1520 g/mol. The van der Waals surface area contributed by atoms with Gasteiger partial charge < -0.3 is 14.2 Å². The molecule has 0 bridgehead atoms. The number of rotatable bonds is 13. The summed E-state index contributed by atoms with van der Waals surface area (Å²) >= 11 is 0. The second kappa shape index (κ2) is 28.6. The quantitative estimate of drug-likeness (QED) is 0.107. The van der Waals surface area contributed by atoms with Gasteiger partial charge in [0, 0.05) is 61.1 Å². The second-order valence-corrected chi connectivity index (χ2v) is 33.3. The van der Waals surface area contributed by atoms with E-state index in [1.54, 1.807) is 0 Å². The highest BCUT2D eigenvalue weighted by Crippen LogP contribution is 2.55. The number of anilines is 6. The largest absolute Gasteiger partial charge is 0.456 e. The minimum absolute atomic E-state index is 0.0594. The van der Waals surface area contributed by atoms with E-state index in [0.717, 1.165) is 106 Å². The van der Waals surface area contributed by atoms with E-state index < -0.39 is 0 Å². The fourth-order valence-corrected chi connectivity index (χ4v) is 18.7. The molecule has 0 amide bonds. The Morgan fingerprint density at radius 1 is 0.212 bits per heavy atom. The van der Waals surface area contributed by atoms with E-state index in [2.05, 4.69) is 379 Å². The summed E-state index contributed by atoms with van der Waals surface area (Å²) in [6.07, 6.45) is 0. The average Bonchev–Trinajstić information content (AvgIpc) is 1.59. The molecule has 3 aliphatic rings. The van der Waals surface area contributed by atoms with Crippen LogP contribution in [0, 0.1) is 0 Å². The number of para-hydroxylation sites is 2.